The lowest BCUT2D eigenvalue weighted by molar-refractivity contribution is -0.144. The van der Waals surface area contributed by atoms with Crippen molar-refractivity contribution < 1.29 is 110 Å². The van der Waals surface area contributed by atoms with Gasteiger partial charge in [-0.2, -0.15) is 127 Å². The van der Waals surface area contributed by atoms with Crippen molar-refractivity contribution in [1.82, 2.24) is 0 Å². The predicted octanol–water partition coefficient (Wildman–Crippen LogP) is 13.0. The minimum absolute atomic E-state index is 0.413. The van der Waals surface area contributed by atoms with Crippen LogP contribution in [0.15, 0.2) is 102 Å². The molecule has 0 N–H and O–H groups in total. The Morgan fingerprint density at radius 2 is 0.586 bits per heavy atom. The second-order valence-electron chi connectivity index (χ2n) is 15.5. The van der Waals surface area contributed by atoms with Gasteiger partial charge in [0.2, 0.25) is 0 Å². The van der Waals surface area contributed by atoms with Crippen molar-refractivity contribution in [2.45, 2.75) is 60.1 Å². The minimum Gasteiger partial charge on any atom is -0.255 e. The van der Waals surface area contributed by atoms with Crippen LogP contribution in [0.4, 0.5) is 105 Å². The van der Waals surface area contributed by atoms with Gasteiger partial charge in [-0.15, -0.1) is 0 Å². The molecule has 5 rings (SSSR count). The number of alkyl halides is 24. The Bertz CT molecular complexity index is 2260. The molecule has 70 heavy (non-hydrogen) atoms. The van der Waals surface area contributed by atoms with E-state index >= 15 is 0 Å². The number of hydrogen-bond donors (Lipinski definition) is 0. The summed E-state index contributed by atoms with van der Waals surface area (Å²) in [4.78, 5) is 0.933. The van der Waals surface area contributed by atoms with Crippen molar-refractivity contribution in [2.75, 3.05) is 18.8 Å². The summed E-state index contributed by atoms with van der Waals surface area (Å²) in [5.74, 6) is 1.09. The minimum atomic E-state index is -6.13. The Labute approximate surface area is 384 Å². The Morgan fingerprint density at radius 1 is 0.371 bits per heavy atom. The average Bonchev–Trinajstić information content (AvgIpc) is 3.18. The van der Waals surface area contributed by atoms with E-state index in [0.717, 1.165) is 10.6 Å². The molecule has 5 aromatic carbocycles. The summed E-state index contributed by atoms with van der Waals surface area (Å²) < 4.78 is 352. The maximum atomic E-state index is 14.2. The third-order valence-electron chi connectivity index (χ3n) is 10.1. The smallest absolute Gasteiger partial charge is 0.255 e. The zero-order chi connectivity index (χ0) is 53.8. The molecule has 0 spiro atoms. The largest absolute Gasteiger partial charge is 0.416 e. The predicted molar refractivity (Wildman–Crippen MR) is 212 cm³/mol. The fourth-order valence-corrected chi connectivity index (χ4v) is 8.65. The van der Waals surface area contributed by atoms with Crippen LogP contribution in [-0.4, -0.2) is 29.1 Å². The third-order valence-corrected chi connectivity index (χ3v) is 12.0. The van der Waals surface area contributed by atoms with E-state index in [1.165, 1.54) is 5.56 Å². The van der Waals surface area contributed by atoms with Gasteiger partial charge in [-0.3, -0.25) is 4.21 Å². The van der Waals surface area contributed by atoms with E-state index in [9.17, 15) is 110 Å². The molecule has 0 aliphatic carbocycles. The van der Waals surface area contributed by atoms with E-state index in [2.05, 4.69) is 18.6 Å². The number of hydrogen-bond acceptors (Lipinski definition) is 1. The van der Waals surface area contributed by atoms with Gasteiger partial charge in [-0.05, 0) is 47.3 Å². The van der Waals surface area contributed by atoms with E-state index in [0.29, 0.717) is 10.9 Å². The van der Waals surface area contributed by atoms with Gasteiger partial charge >= 0.3 is 49.4 Å². The summed E-state index contributed by atoms with van der Waals surface area (Å²) in [6.07, 6.45) is -48.7. The molecule has 0 amide bonds. The van der Waals surface area contributed by atoms with Crippen molar-refractivity contribution in [1.29, 1.82) is 0 Å². The van der Waals surface area contributed by atoms with Gasteiger partial charge < -0.3 is 0 Å². The molecule has 0 radical (unpaired) electrons. The highest BCUT2D eigenvalue weighted by molar-refractivity contribution is 7.94. The van der Waals surface area contributed by atoms with Gasteiger partial charge in [0, 0.05) is 27.5 Å². The molecular formula is C42H27BF24OS2. The van der Waals surface area contributed by atoms with Crippen LogP contribution in [0.5, 0.6) is 0 Å². The van der Waals surface area contributed by atoms with Crippen LogP contribution in [0.25, 0.3) is 0 Å². The first-order chi connectivity index (χ1) is 31.4. The van der Waals surface area contributed by atoms with Crippen molar-refractivity contribution in [2.24, 2.45) is 0 Å². The first kappa shape index (κ1) is 57.6. The van der Waals surface area contributed by atoms with Crippen LogP contribution in [-0.2, 0) is 76.9 Å². The molecule has 1 unspecified atom stereocenters. The van der Waals surface area contributed by atoms with Gasteiger partial charge in [0.25, 0.3) is 0 Å². The SMILES string of the molecule is CS(=O)c1cccc(C[S+](C)C)c1.FC(F)(F)c1cc([B-](c2cc(C(F)(F)F)cc(C(F)(F)F)c2)(c2cc(C(F)(F)F)cc(C(F)(F)F)c2)c2cc(C(F)(F)F)cc(C(F)(F)F)c2)cc(C(F)(F)F)c1. The second-order valence-corrected chi connectivity index (χ2v) is 19.1. The zero-order valence-electron chi connectivity index (χ0n) is 34.8. The number of benzene rings is 5. The van der Waals surface area contributed by atoms with Gasteiger partial charge in [0.1, 0.15) is 11.9 Å². The highest BCUT2D eigenvalue weighted by atomic mass is 32.2. The Morgan fingerprint density at radius 3 is 0.757 bits per heavy atom. The molecule has 5 aromatic rings. The molecule has 28 heteroatoms. The maximum absolute atomic E-state index is 14.2. The first-order valence-electron chi connectivity index (χ1n) is 18.7. The van der Waals surface area contributed by atoms with Gasteiger partial charge in [-0.25, -0.2) is 0 Å². The lowest BCUT2D eigenvalue weighted by Gasteiger charge is -2.46. The highest BCUT2D eigenvalue weighted by Crippen LogP contribution is 2.41. The van der Waals surface area contributed by atoms with Crippen LogP contribution in [0.1, 0.15) is 50.1 Å². The quantitative estimate of drug-likeness (QED) is 0.0902. The van der Waals surface area contributed by atoms with Crippen LogP contribution < -0.4 is 21.9 Å². The van der Waals surface area contributed by atoms with Crippen LogP contribution in [0.3, 0.4) is 0 Å². The van der Waals surface area contributed by atoms with Gasteiger partial charge in [-0.1, -0.05) is 60.7 Å². The third kappa shape index (κ3) is 13.7. The summed E-state index contributed by atoms with van der Waals surface area (Å²) in [7, 11) is -0.438. The van der Waals surface area contributed by atoms with Gasteiger partial charge in [0.15, 0.2) is 0 Å². The van der Waals surface area contributed by atoms with Crippen molar-refractivity contribution >= 4 is 49.7 Å². The van der Waals surface area contributed by atoms with E-state index in [4.69, 9.17) is 0 Å². The Hall–Kier alpha value is -5.02. The molecule has 0 saturated heterocycles. The van der Waals surface area contributed by atoms with Crippen molar-refractivity contribution in [3.8, 4) is 0 Å². The molecule has 0 aromatic heterocycles. The fourth-order valence-electron chi connectivity index (χ4n) is 7.22. The monoisotopic (exact) mass is 1080 g/mol. The zero-order valence-corrected chi connectivity index (χ0v) is 36.5. The fraction of sp³-hybridized carbons (Fsp3) is 0.286. The lowest BCUT2D eigenvalue weighted by atomic mass is 9.12. The second kappa shape index (κ2) is 19.5. The maximum Gasteiger partial charge on any atom is 0.416 e. The van der Waals surface area contributed by atoms with Crippen LogP contribution >= 0.6 is 0 Å². The summed E-state index contributed by atoms with van der Waals surface area (Å²) in [6, 6.07) is -0.760. The molecule has 0 saturated carbocycles. The van der Waals surface area contributed by atoms with E-state index in [1.54, 1.807) is 6.26 Å². The first-order valence-corrected chi connectivity index (χ1v) is 22.4. The van der Waals surface area contributed by atoms with Crippen LogP contribution in [0, 0.1) is 0 Å². The number of rotatable bonds is 7. The van der Waals surface area contributed by atoms with Crippen molar-refractivity contribution in [3.05, 3.63) is 147 Å². The lowest BCUT2D eigenvalue weighted by Crippen LogP contribution is -2.75. The molecule has 1 atom stereocenters. The molecule has 384 valence electrons. The highest BCUT2D eigenvalue weighted by Gasteiger charge is 2.47. The van der Waals surface area contributed by atoms with Gasteiger partial charge in [0.05, 0.1) is 57.0 Å². The Kier molecular flexibility index (Phi) is 16.1. The molecule has 0 aliphatic heterocycles. The molecule has 0 bridgehead atoms. The molecule has 0 heterocycles. The summed E-state index contributed by atoms with van der Waals surface area (Å²) in [5.41, 5.74) is -28.9. The van der Waals surface area contributed by atoms with Crippen LogP contribution in [0.2, 0.25) is 0 Å². The summed E-state index contributed by atoms with van der Waals surface area (Å²) in [6.45, 7) is 0. The van der Waals surface area contributed by atoms with E-state index in [-0.39, 0.29) is 0 Å². The summed E-state index contributed by atoms with van der Waals surface area (Å²) in [5, 5.41) is 0. The topological polar surface area (TPSA) is 17.1 Å². The molecular weight excluding hydrogens is 1050 g/mol. The van der Waals surface area contributed by atoms with E-state index in [1.807, 2.05) is 18.2 Å². The van der Waals surface area contributed by atoms with E-state index < -0.39 is 206 Å². The van der Waals surface area contributed by atoms with Crippen molar-refractivity contribution in [3.63, 3.8) is 0 Å². The number of halogens is 24. The standard InChI is InChI=1S/C32H12BF24.C10H15OS2/c34-25(35,36)13-1-14(26(37,38)39)6-21(5-13)33(22-7-15(27(40,41)42)2-16(8-22)28(43,44)45,23-9-17(29(46,47)48)3-18(10-23)30(49,50)51)24-11-19(31(52,53)54)4-20(12-24)32(55,56)57;1-12(2)8-9-5-4-6-10(7-9)13(3)11/h1-12H;4-7H,8H2,1-3H3/q-1;+1. The Balaban J connectivity index is 0.000000707. The molecule has 0 aliphatic rings. The summed E-state index contributed by atoms with van der Waals surface area (Å²) >= 11 is 0. The average molecular weight is 1080 g/mol. The molecule has 1 nitrogen and oxygen atoms in total. The molecule has 0 fully saturated rings. The normalized spacial score (nSPS) is 14.1.